The molecule has 0 radical (unpaired) electrons. The minimum absolute atomic E-state index is 0.0534. The van der Waals surface area contributed by atoms with Gasteiger partial charge < -0.3 is 4.90 Å². The molecule has 1 heterocycles. The lowest BCUT2D eigenvalue weighted by molar-refractivity contribution is 0.212. The Morgan fingerprint density at radius 3 is 2.45 bits per heavy atom. The van der Waals surface area contributed by atoms with Crippen LogP contribution in [0.5, 0.6) is 0 Å². The highest BCUT2D eigenvalue weighted by molar-refractivity contribution is 7.90. The summed E-state index contributed by atoms with van der Waals surface area (Å²) < 4.78 is 26.3. The molecule has 0 bridgehead atoms. The molecule has 0 saturated heterocycles. The molecule has 22 heavy (non-hydrogen) atoms. The second-order valence-electron chi connectivity index (χ2n) is 4.90. The zero-order chi connectivity index (χ0) is 16.2. The van der Waals surface area contributed by atoms with Crippen molar-refractivity contribution < 1.29 is 13.2 Å². The first-order chi connectivity index (χ1) is 10.4. The number of rotatable bonds is 4. The summed E-state index contributed by atoms with van der Waals surface area (Å²) in [6, 6.07) is 10.9. The van der Waals surface area contributed by atoms with Crippen LogP contribution in [-0.4, -0.2) is 31.4 Å². The van der Waals surface area contributed by atoms with Crippen LogP contribution in [0, 0.1) is 6.92 Å². The lowest BCUT2D eigenvalue weighted by Crippen LogP contribution is -2.40. The van der Waals surface area contributed by atoms with Crippen molar-refractivity contribution in [2.75, 3.05) is 7.05 Å². The summed E-state index contributed by atoms with van der Waals surface area (Å²) in [7, 11) is -2.37. The van der Waals surface area contributed by atoms with Crippen molar-refractivity contribution in [3.8, 4) is 0 Å². The van der Waals surface area contributed by atoms with E-state index in [-0.39, 0.29) is 11.4 Å². The Morgan fingerprint density at radius 2 is 1.86 bits per heavy atom. The van der Waals surface area contributed by atoms with E-state index in [1.807, 2.05) is 11.6 Å². The minimum atomic E-state index is -3.88. The highest BCUT2D eigenvalue weighted by Gasteiger charge is 2.20. The highest BCUT2D eigenvalue weighted by Crippen LogP contribution is 2.10. The van der Waals surface area contributed by atoms with Crippen LogP contribution in [-0.2, 0) is 16.6 Å². The van der Waals surface area contributed by atoms with E-state index < -0.39 is 16.1 Å². The molecule has 2 amide bonds. The molecule has 0 fully saturated rings. The first-order valence-corrected chi connectivity index (χ1v) is 8.11. The van der Waals surface area contributed by atoms with Gasteiger partial charge in [0.25, 0.3) is 10.0 Å². The Bertz CT molecular complexity index is 743. The Morgan fingerprint density at radius 1 is 1.18 bits per heavy atom. The van der Waals surface area contributed by atoms with Gasteiger partial charge in [-0.15, -0.1) is 0 Å². The van der Waals surface area contributed by atoms with Crippen LogP contribution in [0.2, 0.25) is 0 Å². The maximum atomic E-state index is 12.1. The number of hydrogen-bond donors (Lipinski definition) is 1. The molecule has 116 valence electrons. The first kappa shape index (κ1) is 16.0. The number of carbonyl (C=O) groups excluding carboxylic acids is 1. The van der Waals surface area contributed by atoms with Gasteiger partial charge in [0, 0.05) is 13.2 Å². The van der Waals surface area contributed by atoms with E-state index in [1.54, 1.807) is 36.5 Å². The monoisotopic (exact) mass is 319 g/mol. The lowest BCUT2D eigenvalue weighted by Gasteiger charge is -2.17. The van der Waals surface area contributed by atoms with Gasteiger partial charge >= 0.3 is 6.03 Å². The molecule has 0 aliphatic carbocycles. The molecule has 0 aliphatic heterocycles. The summed E-state index contributed by atoms with van der Waals surface area (Å²) in [6.07, 6.45) is 1.62. The normalized spacial score (nSPS) is 11.0. The fraction of sp³-hybridized carbons (Fsp3) is 0.200. The summed E-state index contributed by atoms with van der Waals surface area (Å²) in [5.74, 6) is 0. The molecule has 1 N–H and O–H groups in total. The molecule has 6 nitrogen and oxygen atoms in total. The molecule has 1 aromatic heterocycles. The Hall–Kier alpha value is -2.41. The maximum Gasteiger partial charge on any atom is 0.331 e. The lowest BCUT2D eigenvalue weighted by atomic mass is 10.2. The van der Waals surface area contributed by atoms with Gasteiger partial charge in [0.2, 0.25) is 0 Å². The van der Waals surface area contributed by atoms with Gasteiger partial charge in [-0.2, -0.15) is 0 Å². The smallest absolute Gasteiger partial charge is 0.321 e. The number of nitrogens with zero attached hydrogens (tertiary/aromatic N) is 2. The Balaban J connectivity index is 2.05. The van der Waals surface area contributed by atoms with Crippen LogP contribution in [0.3, 0.4) is 0 Å². The molecule has 0 atom stereocenters. The van der Waals surface area contributed by atoms with Crippen molar-refractivity contribution in [1.29, 1.82) is 0 Å². The van der Waals surface area contributed by atoms with Crippen LogP contribution < -0.4 is 4.72 Å². The number of nitrogens with one attached hydrogen (secondary N) is 1. The predicted octanol–water partition coefficient (Wildman–Crippen LogP) is 1.92. The molecule has 1 aromatic carbocycles. The van der Waals surface area contributed by atoms with Gasteiger partial charge in [0.15, 0.2) is 0 Å². The average Bonchev–Trinajstić information content (AvgIpc) is 2.48. The number of aryl methyl sites for hydroxylation is 1. The molecule has 7 heteroatoms. The summed E-state index contributed by atoms with van der Waals surface area (Å²) in [5.41, 5.74) is 1.62. The van der Waals surface area contributed by atoms with Gasteiger partial charge in [0.05, 0.1) is 17.1 Å². The number of amides is 2. The highest BCUT2D eigenvalue weighted by atomic mass is 32.2. The van der Waals surface area contributed by atoms with Gasteiger partial charge in [-0.05, 0) is 31.2 Å². The summed E-state index contributed by atoms with van der Waals surface area (Å²) in [5, 5.41) is 0. The van der Waals surface area contributed by atoms with Crippen molar-refractivity contribution in [3.05, 3.63) is 59.9 Å². The zero-order valence-electron chi connectivity index (χ0n) is 12.4. The fourth-order valence-electron chi connectivity index (χ4n) is 1.78. The van der Waals surface area contributed by atoms with Crippen molar-refractivity contribution in [1.82, 2.24) is 14.6 Å². The van der Waals surface area contributed by atoms with Crippen LogP contribution in [0.15, 0.2) is 53.6 Å². The SMILES string of the molecule is Cc1ccc(S(=O)(=O)NC(=O)N(C)Cc2ccccn2)cc1. The number of sulfonamides is 1. The number of urea groups is 1. The summed E-state index contributed by atoms with van der Waals surface area (Å²) in [4.78, 5) is 17.4. The van der Waals surface area contributed by atoms with Gasteiger partial charge in [-0.25, -0.2) is 17.9 Å². The third-order valence-electron chi connectivity index (χ3n) is 3.02. The third-order valence-corrected chi connectivity index (χ3v) is 4.36. The van der Waals surface area contributed by atoms with Crippen molar-refractivity contribution in [2.24, 2.45) is 0 Å². The molecule has 2 aromatic rings. The number of aromatic nitrogens is 1. The third kappa shape index (κ3) is 4.05. The van der Waals surface area contributed by atoms with Gasteiger partial charge in [-0.1, -0.05) is 23.8 Å². The summed E-state index contributed by atoms with van der Waals surface area (Å²) in [6.45, 7) is 2.08. The van der Waals surface area contributed by atoms with E-state index in [2.05, 4.69) is 4.98 Å². The van der Waals surface area contributed by atoms with Crippen LogP contribution in [0.4, 0.5) is 4.79 Å². The van der Waals surface area contributed by atoms with Gasteiger partial charge in [-0.3, -0.25) is 4.98 Å². The standard InChI is InChI=1S/C15H17N3O3S/c1-12-6-8-14(9-7-12)22(20,21)17-15(19)18(2)11-13-5-3-4-10-16-13/h3-10H,11H2,1-2H3,(H,17,19). The number of benzene rings is 1. The second kappa shape index (κ2) is 6.57. The molecular weight excluding hydrogens is 302 g/mol. The van der Waals surface area contributed by atoms with E-state index in [0.29, 0.717) is 5.69 Å². The second-order valence-corrected chi connectivity index (χ2v) is 6.58. The van der Waals surface area contributed by atoms with Crippen molar-refractivity contribution in [2.45, 2.75) is 18.4 Å². The zero-order valence-corrected chi connectivity index (χ0v) is 13.2. The van der Waals surface area contributed by atoms with E-state index in [1.165, 1.54) is 24.1 Å². The Kier molecular flexibility index (Phi) is 4.77. The molecule has 0 aliphatic rings. The fourth-order valence-corrected chi connectivity index (χ4v) is 2.77. The number of carbonyl (C=O) groups is 1. The van der Waals surface area contributed by atoms with E-state index in [0.717, 1.165) is 5.56 Å². The topological polar surface area (TPSA) is 79.4 Å². The van der Waals surface area contributed by atoms with Crippen LogP contribution in [0.25, 0.3) is 0 Å². The van der Waals surface area contributed by atoms with Crippen molar-refractivity contribution in [3.63, 3.8) is 0 Å². The Labute approximate surface area is 129 Å². The van der Waals surface area contributed by atoms with E-state index in [9.17, 15) is 13.2 Å². The van der Waals surface area contributed by atoms with Crippen LogP contribution >= 0.6 is 0 Å². The summed E-state index contributed by atoms with van der Waals surface area (Å²) >= 11 is 0. The molecule has 0 spiro atoms. The largest absolute Gasteiger partial charge is 0.331 e. The van der Waals surface area contributed by atoms with Crippen molar-refractivity contribution >= 4 is 16.1 Å². The molecule has 2 rings (SSSR count). The van der Waals surface area contributed by atoms with Gasteiger partial charge in [0.1, 0.15) is 0 Å². The average molecular weight is 319 g/mol. The molecular formula is C15H17N3O3S. The molecule has 0 saturated carbocycles. The first-order valence-electron chi connectivity index (χ1n) is 6.63. The quantitative estimate of drug-likeness (QED) is 0.934. The maximum absolute atomic E-state index is 12.1. The van der Waals surface area contributed by atoms with Crippen LogP contribution in [0.1, 0.15) is 11.3 Å². The number of hydrogen-bond acceptors (Lipinski definition) is 4. The van der Waals surface area contributed by atoms with E-state index in [4.69, 9.17) is 0 Å². The predicted molar refractivity (Wildman–Crippen MR) is 82.6 cm³/mol. The minimum Gasteiger partial charge on any atom is -0.321 e. The molecule has 0 unspecified atom stereocenters. The van der Waals surface area contributed by atoms with E-state index >= 15 is 0 Å². The number of pyridine rings is 1.